The normalized spacial score (nSPS) is 10.4. The molecule has 0 bridgehead atoms. The second-order valence-corrected chi connectivity index (χ2v) is 2.73. The summed E-state index contributed by atoms with van der Waals surface area (Å²) in [6.45, 7) is 2.67. The van der Waals surface area contributed by atoms with E-state index in [1.165, 1.54) is 4.68 Å². The molecule has 2 N–H and O–H groups in total. The van der Waals surface area contributed by atoms with Crippen molar-refractivity contribution < 1.29 is 0 Å². The molecule has 1 aromatic heterocycles. The topological polar surface area (TPSA) is 70.7 Å². The number of aromatic amines is 2. The van der Waals surface area contributed by atoms with Crippen molar-refractivity contribution in [3.8, 4) is 0 Å². The van der Waals surface area contributed by atoms with Gasteiger partial charge in [0.15, 0.2) is 0 Å². The van der Waals surface area contributed by atoms with Crippen LogP contribution in [0.3, 0.4) is 0 Å². The summed E-state index contributed by atoms with van der Waals surface area (Å²) >= 11 is 0. The van der Waals surface area contributed by atoms with Crippen molar-refractivity contribution >= 4 is 0 Å². The first kappa shape index (κ1) is 8.83. The highest BCUT2D eigenvalue weighted by Gasteiger charge is 1.97. The molecular formula is C7H13N3O2. The fraction of sp³-hybridized carbons (Fsp3) is 0.714. The van der Waals surface area contributed by atoms with Crippen molar-refractivity contribution in [1.82, 2.24) is 14.8 Å². The van der Waals surface area contributed by atoms with Crippen LogP contribution in [0.25, 0.3) is 0 Å². The van der Waals surface area contributed by atoms with Gasteiger partial charge in [-0.1, -0.05) is 19.8 Å². The Morgan fingerprint density at radius 1 is 1.33 bits per heavy atom. The average molecular weight is 171 g/mol. The maximum absolute atomic E-state index is 10.9. The lowest BCUT2D eigenvalue weighted by Crippen LogP contribution is -2.17. The second-order valence-electron chi connectivity index (χ2n) is 2.73. The number of H-pyrrole nitrogens is 2. The van der Waals surface area contributed by atoms with Gasteiger partial charge in [0.1, 0.15) is 0 Å². The molecular weight excluding hydrogens is 158 g/mol. The second kappa shape index (κ2) is 3.94. The molecule has 0 atom stereocenters. The summed E-state index contributed by atoms with van der Waals surface area (Å²) in [5.74, 6) is 0. The monoisotopic (exact) mass is 171 g/mol. The highest BCUT2D eigenvalue weighted by molar-refractivity contribution is 4.61. The van der Waals surface area contributed by atoms with Crippen LogP contribution in [0.1, 0.15) is 26.2 Å². The van der Waals surface area contributed by atoms with Crippen LogP contribution in [-0.4, -0.2) is 14.8 Å². The summed E-state index contributed by atoms with van der Waals surface area (Å²) in [4.78, 5) is 23.7. The Hall–Kier alpha value is -1.26. The van der Waals surface area contributed by atoms with Crippen LogP contribution in [0, 0.1) is 0 Å². The molecule has 0 fully saturated rings. The van der Waals surface area contributed by atoms with Gasteiger partial charge in [0.05, 0.1) is 0 Å². The number of unbranched alkanes of at least 4 members (excludes halogenated alkanes) is 2. The molecule has 5 heteroatoms. The van der Waals surface area contributed by atoms with Gasteiger partial charge >= 0.3 is 11.4 Å². The van der Waals surface area contributed by atoms with Crippen molar-refractivity contribution in [2.75, 3.05) is 0 Å². The van der Waals surface area contributed by atoms with Gasteiger partial charge in [-0.2, -0.15) is 0 Å². The van der Waals surface area contributed by atoms with E-state index in [2.05, 4.69) is 17.0 Å². The van der Waals surface area contributed by atoms with E-state index in [9.17, 15) is 9.59 Å². The third-order valence-electron chi connectivity index (χ3n) is 1.69. The van der Waals surface area contributed by atoms with E-state index in [1.54, 1.807) is 0 Å². The Bertz CT molecular complexity index is 333. The number of nitrogens with zero attached hydrogens (tertiary/aromatic N) is 1. The number of nitrogens with one attached hydrogen (secondary N) is 2. The van der Waals surface area contributed by atoms with Crippen LogP contribution >= 0.6 is 0 Å². The van der Waals surface area contributed by atoms with Gasteiger partial charge in [-0.05, 0) is 6.42 Å². The minimum Gasteiger partial charge on any atom is -0.257 e. The first-order valence-corrected chi connectivity index (χ1v) is 4.13. The lowest BCUT2D eigenvalue weighted by atomic mass is 10.2. The molecule has 0 unspecified atom stereocenters. The van der Waals surface area contributed by atoms with E-state index >= 15 is 0 Å². The Balaban J connectivity index is 2.57. The van der Waals surface area contributed by atoms with Crippen LogP contribution in [0.4, 0.5) is 0 Å². The van der Waals surface area contributed by atoms with Crippen LogP contribution < -0.4 is 11.4 Å². The van der Waals surface area contributed by atoms with Gasteiger partial charge in [-0.15, -0.1) is 0 Å². The molecule has 0 aromatic carbocycles. The van der Waals surface area contributed by atoms with E-state index in [0.29, 0.717) is 6.54 Å². The zero-order valence-electron chi connectivity index (χ0n) is 7.09. The van der Waals surface area contributed by atoms with E-state index in [-0.39, 0.29) is 5.69 Å². The molecule has 0 aliphatic rings. The third-order valence-corrected chi connectivity index (χ3v) is 1.69. The maximum atomic E-state index is 10.9. The molecule has 1 aromatic rings. The lowest BCUT2D eigenvalue weighted by Gasteiger charge is -1.97. The van der Waals surface area contributed by atoms with E-state index in [0.717, 1.165) is 19.3 Å². The highest BCUT2D eigenvalue weighted by Crippen LogP contribution is 1.93. The minimum atomic E-state index is -0.434. The predicted octanol–water partition coefficient (Wildman–Crippen LogP) is 0.0549. The first-order valence-electron chi connectivity index (χ1n) is 4.13. The fourth-order valence-electron chi connectivity index (χ4n) is 1.04. The van der Waals surface area contributed by atoms with Gasteiger partial charge in [-0.3, -0.25) is 4.98 Å². The Kier molecular flexibility index (Phi) is 2.90. The SMILES string of the molecule is CCCCCn1[nH]c(=O)[nH]c1=O. The predicted molar refractivity (Wildman–Crippen MR) is 45.2 cm³/mol. The molecule has 0 saturated heterocycles. The van der Waals surface area contributed by atoms with Crippen LogP contribution in [-0.2, 0) is 6.54 Å². The standard InChI is InChI=1S/C7H13N3O2/c1-2-3-4-5-10-7(12)8-6(11)9-10/h2-5H2,1H3,(H2,8,9,11,12). The molecule has 1 heterocycles. The van der Waals surface area contributed by atoms with Gasteiger partial charge < -0.3 is 0 Å². The number of aryl methyl sites for hydroxylation is 1. The van der Waals surface area contributed by atoms with Crippen molar-refractivity contribution in [2.45, 2.75) is 32.7 Å². The molecule has 68 valence electrons. The summed E-state index contributed by atoms with van der Waals surface area (Å²) in [6, 6.07) is 0. The van der Waals surface area contributed by atoms with E-state index in [1.807, 2.05) is 0 Å². The molecule has 0 radical (unpaired) electrons. The van der Waals surface area contributed by atoms with Crippen molar-refractivity contribution in [2.24, 2.45) is 0 Å². The number of aromatic nitrogens is 3. The Labute approximate surface area is 69.4 Å². The Morgan fingerprint density at radius 2 is 2.08 bits per heavy atom. The number of hydrogen-bond donors (Lipinski definition) is 2. The summed E-state index contributed by atoms with van der Waals surface area (Å²) in [5, 5.41) is 2.40. The lowest BCUT2D eigenvalue weighted by molar-refractivity contribution is 0.536. The molecule has 1 rings (SSSR count). The zero-order chi connectivity index (χ0) is 8.97. The van der Waals surface area contributed by atoms with Crippen LogP contribution in [0.5, 0.6) is 0 Å². The van der Waals surface area contributed by atoms with E-state index < -0.39 is 5.69 Å². The van der Waals surface area contributed by atoms with Crippen molar-refractivity contribution in [3.05, 3.63) is 21.0 Å². The average Bonchev–Trinajstić information content (AvgIpc) is 2.31. The maximum Gasteiger partial charge on any atom is 0.344 e. The molecule has 5 nitrogen and oxygen atoms in total. The molecule has 12 heavy (non-hydrogen) atoms. The zero-order valence-corrected chi connectivity index (χ0v) is 7.09. The van der Waals surface area contributed by atoms with Gasteiger partial charge in [-0.25, -0.2) is 19.4 Å². The van der Waals surface area contributed by atoms with Gasteiger partial charge in [0.2, 0.25) is 0 Å². The van der Waals surface area contributed by atoms with Gasteiger partial charge in [0, 0.05) is 6.54 Å². The number of rotatable bonds is 4. The molecule has 0 amide bonds. The fourth-order valence-corrected chi connectivity index (χ4v) is 1.04. The van der Waals surface area contributed by atoms with Crippen LogP contribution in [0.2, 0.25) is 0 Å². The largest absolute Gasteiger partial charge is 0.344 e. The number of hydrogen-bond acceptors (Lipinski definition) is 2. The first-order chi connectivity index (χ1) is 5.74. The Morgan fingerprint density at radius 3 is 2.58 bits per heavy atom. The van der Waals surface area contributed by atoms with E-state index in [4.69, 9.17) is 0 Å². The summed E-state index contributed by atoms with van der Waals surface area (Å²) in [6.07, 6.45) is 3.09. The van der Waals surface area contributed by atoms with Gasteiger partial charge in [0.25, 0.3) is 0 Å². The summed E-state index contributed by atoms with van der Waals surface area (Å²) in [7, 11) is 0. The molecule has 0 aliphatic carbocycles. The van der Waals surface area contributed by atoms with Crippen LogP contribution in [0.15, 0.2) is 9.59 Å². The summed E-state index contributed by atoms with van der Waals surface area (Å²) < 4.78 is 1.30. The van der Waals surface area contributed by atoms with Crippen molar-refractivity contribution in [3.63, 3.8) is 0 Å². The molecule has 0 aliphatic heterocycles. The molecule has 0 spiro atoms. The smallest absolute Gasteiger partial charge is 0.257 e. The quantitative estimate of drug-likeness (QED) is 0.628. The minimum absolute atomic E-state index is 0.351. The third kappa shape index (κ3) is 2.11. The molecule has 0 saturated carbocycles. The highest BCUT2D eigenvalue weighted by atomic mass is 16.2. The van der Waals surface area contributed by atoms with Crippen molar-refractivity contribution in [1.29, 1.82) is 0 Å². The summed E-state index contributed by atoms with van der Waals surface area (Å²) in [5.41, 5.74) is -0.785.